The van der Waals surface area contributed by atoms with E-state index in [4.69, 9.17) is 9.15 Å². The summed E-state index contributed by atoms with van der Waals surface area (Å²) in [7, 11) is 1.58. The van der Waals surface area contributed by atoms with Crippen molar-refractivity contribution in [3.8, 4) is 22.6 Å². The van der Waals surface area contributed by atoms with E-state index in [0.717, 1.165) is 22.1 Å². The lowest BCUT2D eigenvalue weighted by Crippen LogP contribution is -2.09. The predicted molar refractivity (Wildman–Crippen MR) is 105 cm³/mol. The second kappa shape index (κ2) is 7.00. The summed E-state index contributed by atoms with van der Waals surface area (Å²) in [4.78, 5) is 12.9. The summed E-state index contributed by atoms with van der Waals surface area (Å²) in [5, 5.41) is 10.4. The molecule has 0 saturated carbocycles. The molecule has 4 rings (SSSR count). The number of methoxy groups -OCH3 is 1. The number of ether oxygens (including phenoxy) is 1. The Morgan fingerprint density at radius 3 is 2.41 bits per heavy atom. The first-order valence-corrected chi connectivity index (χ1v) is 8.63. The van der Waals surface area contributed by atoms with Crippen LogP contribution >= 0.6 is 0 Å². The van der Waals surface area contributed by atoms with Crippen LogP contribution in [-0.2, 0) is 6.42 Å². The summed E-state index contributed by atoms with van der Waals surface area (Å²) >= 11 is 0. The largest absolute Gasteiger partial charge is 0.508 e. The summed E-state index contributed by atoms with van der Waals surface area (Å²) in [6, 6.07) is 22.0. The standard InChI is InChI=1S/C23H18O4/c1-26-18-11-12-19-20(13-15-7-9-17(24)10-8-15)22(16-5-3-2-4-6-16)23(25)27-21(19)14-18/h2-12,14,24H,13H2,1H3. The number of benzene rings is 3. The van der Waals surface area contributed by atoms with Gasteiger partial charge in [0.15, 0.2) is 0 Å². The molecule has 0 amide bonds. The van der Waals surface area contributed by atoms with E-state index in [9.17, 15) is 9.90 Å². The fraction of sp³-hybridized carbons (Fsp3) is 0.0870. The SMILES string of the molecule is COc1ccc2c(Cc3ccc(O)cc3)c(-c3ccccc3)c(=O)oc2c1. The van der Waals surface area contributed by atoms with Gasteiger partial charge in [-0.25, -0.2) is 4.79 Å². The van der Waals surface area contributed by atoms with E-state index in [2.05, 4.69) is 0 Å². The predicted octanol–water partition coefficient (Wildman–Crippen LogP) is 4.77. The Balaban J connectivity index is 1.98. The van der Waals surface area contributed by atoms with Gasteiger partial charge in [0.1, 0.15) is 17.1 Å². The van der Waals surface area contributed by atoms with E-state index in [1.54, 1.807) is 25.3 Å². The van der Waals surface area contributed by atoms with Crippen molar-refractivity contribution in [2.75, 3.05) is 7.11 Å². The highest BCUT2D eigenvalue weighted by Crippen LogP contribution is 2.31. The zero-order valence-electron chi connectivity index (χ0n) is 14.8. The number of hydrogen-bond acceptors (Lipinski definition) is 4. The summed E-state index contributed by atoms with van der Waals surface area (Å²) in [6.45, 7) is 0. The molecule has 4 aromatic rings. The van der Waals surface area contributed by atoms with Gasteiger partial charge in [0, 0.05) is 11.5 Å². The molecule has 0 aliphatic heterocycles. The molecule has 0 aliphatic carbocycles. The molecule has 0 saturated heterocycles. The second-order valence-electron chi connectivity index (χ2n) is 6.31. The lowest BCUT2D eigenvalue weighted by atomic mass is 9.93. The zero-order valence-corrected chi connectivity index (χ0v) is 14.8. The normalized spacial score (nSPS) is 10.9. The molecule has 0 radical (unpaired) electrons. The van der Waals surface area contributed by atoms with Gasteiger partial charge in [0.25, 0.3) is 0 Å². The van der Waals surface area contributed by atoms with Crippen molar-refractivity contribution < 1.29 is 14.3 Å². The van der Waals surface area contributed by atoms with Gasteiger partial charge < -0.3 is 14.3 Å². The van der Waals surface area contributed by atoms with Crippen LogP contribution in [0.1, 0.15) is 11.1 Å². The summed E-state index contributed by atoms with van der Waals surface area (Å²) < 4.78 is 10.9. The van der Waals surface area contributed by atoms with Gasteiger partial charge in [-0.2, -0.15) is 0 Å². The number of fused-ring (bicyclic) bond motifs is 1. The maximum atomic E-state index is 12.9. The summed E-state index contributed by atoms with van der Waals surface area (Å²) in [5.41, 5.74) is 3.37. The van der Waals surface area contributed by atoms with Gasteiger partial charge in [-0.3, -0.25) is 0 Å². The Kier molecular flexibility index (Phi) is 4.38. The number of phenolic OH excluding ortho intramolecular Hbond substituents is 1. The van der Waals surface area contributed by atoms with Crippen LogP contribution in [0.4, 0.5) is 0 Å². The van der Waals surface area contributed by atoms with E-state index in [-0.39, 0.29) is 11.4 Å². The lowest BCUT2D eigenvalue weighted by Gasteiger charge is -2.13. The molecule has 0 spiro atoms. The first-order chi connectivity index (χ1) is 13.2. The average molecular weight is 358 g/mol. The highest BCUT2D eigenvalue weighted by Gasteiger charge is 2.17. The van der Waals surface area contributed by atoms with Gasteiger partial charge in [-0.1, -0.05) is 42.5 Å². The Bertz CT molecular complexity index is 1140. The fourth-order valence-electron chi connectivity index (χ4n) is 3.27. The molecule has 0 bridgehead atoms. The molecule has 3 aromatic carbocycles. The second-order valence-corrected chi connectivity index (χ2v) is 6.31. The Labute approximate surface area is 156 Å². The molecule has 0 unspecified atom stereocenters. The maximum Gasteiger partial charge on any atom is 0.344 e. The molecule has 1 N–H and O–H groups in total. The number of hydrogen-bond donors (Lipinski definition) is 1. The van der Waals surface area contributed by atoms with Crippen LogP contribution in [0.3, 0.4) is 0 Å². The van der Waals surface area contributed by atoms with E-state index < -0.39 is 0 Å². The van der Waals surface area contributed by atoms with E-state index in [0.29, 0.717) is 23.3 Å². The molecular formula is C23H18O4. The number of aromatic hydroxyl groups is 1. The third kappa shape index (κ3) is 3.29. The summed E-state index contributed by atoms with van der Waals surface area (Å²) in [6.07, 6.45) is 0.541. The molecule has 1 heterocycles. The minimum Gasteiger partial charge on any atom is -0.508 e. The highest BCUT2D eigenvalue weighted by molar-refractivity contribution is 5.88. The monoisotopic (exact) mass is 358 g/mol. The van der Waals surface area contributed by atoms with Crippen LogP contribution in [-0.4, -0.2) is 12.2 Å². The van der Waals surface area contributed by atoms with Gasteiger partial charge in [-0.15, -0.1) is 0 Å². The third-order valence-electron chi connectivity index (χ3n) is 4.60. The molecule has 1 aromatic heterocycles. The molecule has 0 fully saturated rings. The van der Waals surface area contributed by atoms with Crippen LogP contribution in [0.25, 0.3) is 22.1 Å². The van der Waals surface area contributed by atoms with Crippen molar-refractivity contribution in [2.24, 2.45) is 0 Å². The lowest BCUT2D eigenvalue weighted by molar-refractivity contribution is 0.414. The van der Waals surface area contributed by atoms with Crippen LogP contribution in [0.2, 0.25) is 0 Å². The van der Waals surface area contributed by atoms with Crippen molar-refractivity contribution in [1.82, 2.24) is 0 Å². The summed E-state index contributed by atoms with van der Waals surface area (Å²) in [5.74, 6) is 0.845. The van der Waals surface area contributed by atoms with Gasteiger partial charge in [-0.05, 0) is 47.4 Å². The van der Waals surface area contributed by atoms with Crippen molar-refractivity contribution in [1.29, 1.82) is 0 Å². The Morgan fingerprint density at radius 1 is 0.963 bits per heavy atom. The van der Waals surface area contributed by atoms with Crippen LogP contribution in [0.15, 0.2) is 82.0 Å². The van der Waals surface area contributed by atoms with Crippen molar-refractivity contribution in [3.05, 3.63) is 94.3 Å². The molecule has 0 atom stereocenters. The van der Waals surface area contributed by atoms with E-state index in [1.165, 1.54) is 0 Å². The van der Waals surface area contributed by atoms with Crippen molar-refractivity contribution in [2.45, 2.75) is 6.42 Å². The van der Waals surface area contributed by atoms with Crippen LogP contribution in [0.5, 0.6) is 11.5 Å². The maximum absolute atomic E-state index is 12.9. The van der Waals surface area contributed by atoms with E-state index >= 15 is 0 Å². The first-order valence-electron chi connectivity index (χ1n) is 8.63. The highest BCUT2D eigenvalue weighted by atomic mass is 16.5. The number of phenols is 1. The minimum absolute atomic E-state index is 0.212. The quantitative estimate of drug-likeness (QED) is 0.534. The van der Waals surface area contributed by atoms with Crippen molar-refractivity contribution in [3.63, 3.8) is 0 Å². The molecule has 4 heteroatoms. The van der Waals surface area contributed by atoms with Crippen LogP contribution in [0, 0.1) is 0 Å². The smallest absolute Gasteiger partial charge is 0.344 e. The fourth-order valence-corrected chi connectivity index (χ4v) is 3.27. The number of rotatable bonds is 4. The van der Waals surface area contributed by atoms with Gasteiger partial charge in [0.05, 0.1) is 12.7 Å². The Morgan fingerprint density at radius 2 is 1.70 bits per heavy atom. The zero-order chi connectivity index (χ0) is 18.8. The molecular weight excluding hydrogens is 340 g/mol. The molecule has 134 valence electrons. The van der Waals surface area contributed by atoms with Gasteiger partial charge >= 0.3 is 5.63 Å². The molecule has 0 aliphatic rings. The molecule has 27 heavy (non-hydrogen) atoms. The first kappa shape index (κ1) is 16.9. The minimum atomic E-state index is -0.379. The van der Waals surface area contributed by atoms with Crippen molar-refractivity contribution >= 4 is 11.0 Å². The average Bonchev–Trinajstić information content (AvgIpc) is 2.70. The van der Waals surface area contributed by atoms with E-state index in [1.807, 2.05) is 54.6 Å². The molecule has 4 nitrogen and oxygen atoms in total. The third-order valence-corrected chi connectivity index (χ3v) is 4.60. The Hall–Kier alpha value is -3.53. The van der Waals surface area contributed by atoms with Gasteiger partial charge in [0.2, 0.25) is 0 Å². The van der Waals surface area contributed by atoms with Crippen LogP contribution < -0.4 is 10.4 Å². The topological polar surface area (TPSA) is 59.7 Å².